The van der Waals surface area contributed by atoms with Gasteiger partial charge in [0.2, 0.25) is 11.8 Å². The van der Waals surface area contributed by atoms with Crippen LogP contribution in [0.4, 0.5) is 0 Å². The fourth-order valence-corrected chi connectivity index (χ4v) is 3.43. The zero-order chi connectivity index (χ0) is 32.3. The summed E-state index contributed by atoms with van der Waals surface area (Å²) in [6, 6.07) is 0. The maximum absolute atomic E-state index is 12.8. The summed E-state index contributed by atoms with van der Waals surface area (Å²) in [6.45, 7) is 24.3. The van der Waals surface area contributed by atoms with Crippen LogP contribution in [0.15, 0.2) is 0 Å². The van der Waals surface area contributed by atoms with Crippen LogP contribution in [0.25, 0.3) is 0 Å². The molecule has 0 saturated heterocycles. The summed E-state index contributed by atoms with van der Waals surface area (Å²) in [5.41, 5.74) is -1.58. The Kier molecular flexibility index (Phi) is 16.0. The first-order valence-corrected chi connectivity index (χ1v) is 14.7. The van der Waals surface area contributed by atoms with Gasteiger partial charge in [-0.05, 0) is 66.2 Å². The van der Waals surface area contributed by atoms with Crippen molar-refractivity contribution in [3.63, 3.8) is 0 Å². The molecule has 0 radical (unpaired) electrons. The van der Waals surface area contributed by atoms with E-state index in [0.717, 1.165) is 0 Å². The van der Waals surface area contributed by atoms with Crippen LogP contribution >= 0.6 is 0 Å². The van der Waals surface area contributed by atoms with Crippen molar-refractivity contribution in [2.24, 2.45) is 23.7 Å². The number of carbonyl (C=O) groups is 3. The molecule has 242 valence electrons. The van der Waals surface area contributed by atoms with Crippen LogP contribution in [0.3, 0.4) is 0 Å². The van der Waals surface area contributed by atoms with Gasteiger partial charge in [0.15, 0.2) is 6.10 Å². The smallest absolute Gasteiger partial charge is 0.251 e. The molecule has 11 nitrogen and oxygen atoms in total. The largest absolute Gasteiger partial charge is 0.390 e. The molecule has 0 saturated carbocycles. The van der Waals surface area contributed by atoms with E-state index in [1.54, 1.807) is 13.8 Å². The second-order valence-corrected chi connectivity index (χ2v) is 14.0. The highest BCUT2D eigenvalue weighted by molar-refractivity contribution is 5.83. The SMILES string of the molecule is CC(C)CNC(=O)C(O)C(O)C[C@@H](O)C(=O)NC(C)(C)C(C)CNC(=O)C(C)C(C)COC(C)(C)COC(C)(C)C. The minimum atomic E-state index is -1.77. The summed E-state index contributed by atoms with van der Waals surface area (Å²) in [6.07, 6.45) is -5.54. The van der Waals surface area contributed by atoms with Crippen molar-refractivity contribution in [3.05, 3.63) is 0 Å². The lowest BCUT2D eigenvalue weighted by Gasteiger charge is -2.35. The average molecular weight is 590 g/mol. The van der Waals surface area contributed by atoms with E-state index >= 15 is 0 Å². The van der Waals surface area contributed by atoms with Crippen molar-refractivity contribution in [2.75, 3.05) is 26.3 Å². The standard InChI is InChI=1S/C30H59N3O8/c1-18(2)14-31-27(39)24(36)22(34)13-23(35)26(38)33-30(11,12)20(4)15-32-25(37)21(5)19(3)16-40-29(9,10)17-41-28(6,7)8/h18-24,34-36H,13-17H2,1-12H3,(H,31,39)(H,32,37)(H,33,38)/t19?,20?,21?,22?,23-,24?/m1/s1. The van der Waals surface area contributed by atoms with Gasteiger partial charge in [0, 0.05) is 31.0 Å². The Morgan fingerprint density at radius 3 is 1.80 bits per heavy atom. The number of hydrogen-bond donors (Lipinski definition) is 6. The van der Waals surface area contributed by atoms with E-state index in [2.05, 4.69) is 16.0 Å². The van der Waals surface area contributed by atoms with E-state index in [1.807, 2.05) is 69.2 Å². The first-order valence-electron chi connectivity index (χ1n) is 14.7. The van der Waals surface area contributed by atoms with Crippen molar-refractivity contribution < 1.29 is 39.2 Å². The van der Waals surface area contributed by atoms with E-state index in [4.69, 9.17) is 9.47 Å². The highest BCUT2D eigenvalue weighted by Crippen LogP contribution is 2.21. The molecule has 11 heteroatoms. The zero-order valence-electron chi connectivity index (χ0n) is 27.5. The molecule has 0 aromatic heterocycles. The fourth-order valence-electron chi connectivity index (χ4n) is 3.43. The second kappa shape index (κ2) is 16.7. The first kappa shape index (κ1) is 39.2. The van der Waals surface area contributed by atoms with Gasteiger partial charge in [0.25, 0.3) is 5.91 Å². The predicted molar refractivity (Wildman–Crippen MR) is 159 cm³/mol. The van der Waals surface area contributed by atoms with E-state index in [9.17, 15) is 29.7 Å². The molecular weight excluding hydrogens is 530 g/mol. The van der Waals surface area contributed by atoms with Crippen molar-refractivity contribution >= 4 is 17.7 Å². The van der Waals surface area contributed by atoms with Gasteiger partial charge in [-0.25, -0.2) is 0 Å². The van der Waals surface area contributed by atoms with Crippen molar-refractivity contribution in [2.45, 2.75) is 125 Å². The van der Waals surface area contributed by atoms with Gasteiger partial charge in [-0.3, -0.25) is 14.4 Å². The highest BCUT2D eigenvalue weighted by Gasteiger charge is 2.34. The summed E-state index contributed by atoms with van der Waals surface area (Å²) < 4.78 is 11.9. The Morgan fingerprint density at radius 1 is 0.756 bits per heavy atom. The Bertz CT molecular complexity index is 825. The number of aliphatic hydroxyl groups excluding tert-OH is 3. The van der Waals surface area contributed by atoms with Crippen LogP contribution in [0.5, 0.6) is 0 Å². The van der Waals surface area contributed by atoms with Crippen molar-refractivity contribution in [1.29, 1.82) is 0 Å². The minimum absolute atomic E-state index is 0.0451. The third-order valence-corrected chi connectivity index (χ3v) is 7.20. The lowest BCUT2D eigenvalue weighted by molar-refractivity contribution is -0.141. The molecule has 5 unspecified atom stereocenters. The minimum Gasteiger partial charge on any atom is -0.390 e. The molecule has 0 aromatic rings. The van der Waals surface area contributed by atoms with Crippen molar-refractivity contribution in [3.8, 4) is 0 Å². The second-order valence-electron chi connectivity index (χ2n) is 14.0. The highest BCUT2D eigenvalue weighted by atomic mass is 16.6. The molecule has 41 heavy (non-hydrogen) atoms. The molecule has 0 aliphatic rings. The lowest BCUT2D eigenvalue weighted by atomic mass is 9.88. The molecule has 0 rings (SSSR count). The maximum atomic E-state index is 12.8. The van der Waals surface area contributed by atoms with Crippen LogP contribution in [0, 0.1) is 23.7 Å². The number of aliphatic hydroxyl groups is 3. The number of ether oxygens (including phenoxy) is 2. The van der Waals surface area contributed by atoms with Crippen LogP contribution < -0.4 is 16.0 Å². The van der Waals surface area contributed by atoms with Crippen LogP contribution in [0.1, 0.15) is 89.5 Å². The fraction of sp³-hybridized carbons (Fsp3) is 0.900. The van der Waals surface area contributed by atoms with E-state index < -0.39 is 47.7 Å². The molecular formula is C30H59N3O8. The van der Waals surface area contributed by atoms with Gasteiger partial charge in [-0.2, -0.15) is 0 Å². The Balaban J connectivity index is 4.78. The van der Waals surface area contributed by atoms with Gasteiger partial charge >= 0.3 is 0 Å². The third-order valence-electron chi connectivity index (χ3n) is 7.20. The summed E-state index contributed by atoms with van der Waals surface area (Å²) in [5, 5.41) is 38.7. The predicted octanol–water partition coefficient (Wildman–Crippen LogP) is 1.76. The van der Waals surface area contributed by atoms with E-state index in [0.29, 0.717) is 19.8 Å². The number of hydrogen-bond acceptors (Lipinski definition) is 8. The summed E-state index contributed by atoms with van der Waals surface area (Å²) in [4.78, 5) is 37.4. The molecule has 0 heterocycles. The monoisotopic (exact) mass is 589 g/mol. The molecule has 0 spiro atoms. The van der Waals surface area contributed by atoms with Gasteiger partial charge in [-0.15, -0.1) is 0 Å². The number of amides is 3. The number of carbonyl (C=O) groups excluding carboxylic acids is 3. The quantitative estimate of drug-likeness (QED) is 0.141. The molecule has 0 aliphatic heterocycles. The van der Waals surface area contributed by atoms with Gasteiger partial charge < -0.3 is 40.7 Å². The van der Waals surface area contributed by atoms with Crippen LogP contribution in [-0.4, -0.2) is 94.4 Å². The Morgan fingerprint density at radius 2 is 1.29 bits per heavy atom. The van der Waals surface area contributed by atoms with Crippen LogP contribution in [0.2, 0.25) is 0 Å². The topological polar surface area (TPSA) is 166 Å². The Labute approximate surface area is 247 Å². The number of rotatable bonds is 18. The third kappa shape index (κ3) is 15.9. The summed E-state index contributed by atoms with van der Waals surface area (Å²) >= 11 is 0. The zero-order valence-corrected chi connectivity index (χ0v) is 27.5. The van der Waals surface area contributed by atoms with E-state index in [-0.39, 0.29) is 41.7 Å². The van der Waals surface area contributed by atoms with E-state index in [1.165, 1.54) is 0 Å². The molecule has 0 aliphatic carbocycles. The summed E-state index contributed by atoms with van der Waals surface area (Å²) in [7, 11) is 0. The molecule has 0 fully saturated rings. The maximum Gasteiger partial charge on any atom is 0.251 e. The number of nitrogens with one attached hydrogen (secondary N) is 3. The molecule has 3 amide bonds. The summed E-state index contributed by atoms with van der Waals surface area (Å²) in [5.74, 6) is -2.07. The van der Waals surface area contributed by atoms with Gasteiger partial charge in [0.05, 0.1) is 30.5 Å². The van der Waals surface area contributed by atoms with Gasteiger partial charge in [0.1, 0.15) is 6.10 Å². The van der Waals surface area contributed by atoms with Crippen molar-refractivity contribution in [1.82, 2.24) is 16.0 Å². The molecule has 0 aromatic carbocycles. The normalized spacial score (nSPS) is 17.3. The lowest BCUT2D eigenvalue weighted by Crippen LogP contribution is -2.55. The molecule has 6 N–H and O–H groups in total. The molecule has 6 atom stereocenters. The molecule has 0 bridgehead atoms. The first-order chi connectivity index (χ1) is 18.5. The Hall–Kier alpha value is -1.79. The van der Waals surface area contributed by atoms with Gasteiger partial charge in [-0.1, -0.05) is 34.6 Å². The van der Waals surface area contributed by atoms with Crippen LogP contribution in [-0.2, 0) is 23.9 Å². The average Bonchev–Trinajstić information content (AvgIpc) is 2.85.